The molecule has 0 aliphatic carbocycles. The zero-order valence-corrected chi connectivity index (χ0v) is 14.4. The molecule has 0 radical (unpaired) electrons. The Labute approximate surface area is 138 Å². The number of halogens is 1. The first-order chi connectivity index (χ1) is 10.5. The summed E-state index contributed by atoms with van der Waals surface area (Å²) in [7, 11) is 3.64. The third-order valence-electron chi connectivity index (χ3n) is 4.10. The molecule has 1 amide bonds. The molecule has 2 aromatic rings. The molecular formula is C16H19BrN4O. The first-order valence-corrected chi connectivity index (χ1v) is 8.22. The topological polar surface area (TPSA) is 49.3 Å². The van der Waals surface area contributed by atoms with Crippen LogP contribution in [0.4, 0.5) is 5.95 Å². The third-order valence-corrected chi connectivity index (χ3v) is 4.59. The molecule has 1 fully saturated rings. The number of anilines is 1. The number of hydrogen-bond acceptors (Lipinski definition) is 4. The Morgan fingerprint density at radius 1 is 1.32 bits per heavy atom. The van der Waals surface area contributed by atoms with E-state index in [1.807, 2.05) is 38.5 Å². The van der Waals surface area contributed by atoms with Gasteiger partial charge in [0.1, 0.15) is 0 Å². The molecule has 6 heteroatoms. The van der Waals surface area contributed by atoms with E-state index in [1.165, 1.54) is 0 Å². The van der Waals surface area contributed by atoms with Crippen LogP contribution in [0, 0.1) is 5.92 Å². The number of benzene rings is 1. The molecule has 22 heavy (non-hydrogen) atoms. The Kier molecular flexibility index (Phi) is 4.29. The van der Waals surface area contributed by atoms with E-state index >= 15 is 0 Å². The van der Waals surface area contributed by atoms with Crippen LogP contribution in [0.15, 0.2) is 28.9 Å². The number of aromatic nitrogens is 2. The van der Waals surface area contributed by atoms with Crippen molar-refractivity contribution in [1.82, 2.24) is 14.9 Å². The SMILES string of the molecule is CN(C)C(=O)C1CCN(c2ncc3cc(Br)ccc3n2)CC1. The minimum atomic E-state index is 0.127. The van der Waals surface area contributed by atoms with Gasteiger partial charge in [0.05, 0.1) is 5.52 Å². The zero-order chi connectivity index (χ0) is 15.7. The predicted octanol–water partition coefficient (Wildman–Crippen LogP) is 2.70. The maximum absolute atomic E-state index is 12.0. The summed E-state index contributed by atoms with van der Waals surface area (Å²) >= 11 is 3.46. The minimum absolute atomic E-state index is 0.127. The van der Waals surface area contributed by atoms with E-state index in [0.717, 1.165) is 47.3 Å². The average molecular weight is 363 g/mol. The Bertz CT molecular complexity index is 696. The molecule has 0 spiro atoms. The van der Waals surface area contributed by atoms with E-state index in [4.69, 9.17) is 0 Å². The molecule has 1 aromatic carbocycles. The maximum Gasteiger partial charge on any atom is 0.225 e. The highest BCUT2D eigenvalue weighted by atomic mass is 79.9. The summed E-state index contributed by atoms with van der Waals surface area (Å²) in [5.41, 5.74) is 0.944. The number of carbonyl (C=O) groups is 1. The van der Waals surface area contributed by atoms with Gasteiger partial charge in [-0.05, 0) is 31.0 Å². The Morgan fingerprint density at radius 2 is 2.05 bits per heavy atom. The molecular weight excluding hydrogens is 344 g/mol. The molecule has 116 valence electrons. The van der Waals surface area contributed by atoms with E-state index in [2.05, 4.69) is 30.8 Å². The average Bonchev–Trinajstić information content (AvgIpc) is 2.53. The highest BCUT2D eigenvalue weighted by molar-refractivity contribution is 9.10. The molecule has 0 bridgehead atoms. The van der Waals surface area contributed by atoms with Gasteiger partial charge in [-0.2, -0.15) is 0 Å². The lowest BCUT2D eigenvalue weighted by Gasteiger charge is -2.32. The van der Waals surface area contributed by atoms with Crippen LogP contribution >= 0.6 is 15.9 Å². The molecule has 5 nitrogen and oxygen atoms in total. The number of carbonyl (C=O) groups excluding carboxylic acids is 1. The van der Waals surface area contributed by atoms with Crippen LogP contribution in [0.1, 0.15) is 12.8 Å². The van der Waals surface area contributed by atoms with Crippen molar-refractivity contribution < 1.29 is 4.79 Å². The fourth-order valence-electron chi connectivity index (χ4n) is 2.84. The lowest BCUT2D eigenvalue weighted by Crippen LogP contribution is -2.40. The van der Waals surface area contributed by atoms with Crippen LogP contribution in [0.5, 0.6) is 0 Å². The van der Waals surface area contributed by atoms with Crippen LogP contribution < -0.4 is 4.90 Å². The summed E-state index contributed by atoms with van der Waals surface area (Å²) in [5, 5.41) is 1.02. The van der Waals surface area contributed by atoms with Crippen LogP contribution in [0.2, 0.25) is 0 Å². The van der Waals surface area contributed by atoms with Gasteiger partial charge in [-0.25, -0.2) is 9.97 Å². The lowest BCUT2D eigenvalue weighted by atomic mass is 9.96. The van der Waals surface area contributed by atoms with Gasteiger partial charge in [0.2, 0.25) is 11.9 Å². The largest absolute Gasteiger partial charge is 0.349 e. The fraction of sp³-hybridized carbons (Fsp3) is 0.438. The number of nitrogens with zero attached hydrogens (tertiary/aromatic N) is 4. The van der Waals surface area contributed by atoms with Gasteiger partial charge >= 0.3 is 0 Å². The van der Waals surface area contributed by atoms with E-state index < -0.39 is 0 Å². The highest BCUT2D eigenvalue weighted by Gasteiger charge is 2.27. The summed E-state index contributed by atoms with van der Waals surface area (Å²) in [6.45, 7) is 1.65. The van der Waals surface area contributed by atoms with Crippen molar-refractivity contribution in [3.63, 3.8) is 0 Å². The fourth-order valence-corrected chi connectivity index (χ4v) is 3.22. The van der Waals surface area contributed by atoms with Crippen molar-refractivity contribution in [3.05, 3.63) is 28.9 Å². The second-order valence-electron chi connectivity index (χ2n) is 5.87. The Morgan fingerprint density at radius 3 is 2.73 bits per heavy atom. The molecule has 0 N–H and O–H groups in total. The van der Waals surface area contributed by atoms with Crippen molar-refractivity contribution in [1.29, 1.82) is 0 Å². The summed E-state index contributed by atoms with van der Waals surface area (Å²) < 4.78 is 1.03. The number of rotatable bonds is 2. The third kappa shape index (κ3) is 3.06. The van der Waals surface area contributed by atoms with E-state index in [-0.39, 0.29) is 11.8 Å². The van der Waals surface area contributed by atoms with Gasteiger partial charge in [-0.3, -0.25) is 4.79 Å². The predicted molar refractivity (Wildman–Crippen MR) is 90.9 cm³/mol. The molecule has 3 rings (SSSR count). The first kappa shape index (κ1) is 15.2. The quantitative estimate of drug-likeness (QED) is 0.823. The Balaban J connectivity index is 1.73. The summed E-state index contributed by atoms with van der Waals surface area (Å²) in [6.07, 6.45) is 3.58. The van der Waals surface area contributed by atoms with Crippen molar-refractivity contribution >= 4 is 38.7 Å². The summed E-state index contributed by atoms with van der Waals surface area (Å²) in [5.74, 6) is 1.11. The summed E-state index contributed by atoms with van der Waals surface area (Å²) in [4.78, 5) is 25.0. The van der Waals surface area contributed by atoms with Gasteiger partial charge in [-0.1, -0.05) is 15.9 Å². The van der Waals surface area contributed by atoms with Crippen LogP contribution in [-0.4, -0.2) is 48.0 Å². The van der Waals surface area contributed by atoms with Crippen molar-refractivity contribution in [2.75, 3.05) is 32.1 Å². The molecule has 1 saturated heterocycles. The maximum atomic E-state index is 12.0. The number of piperidine rings is 1. The van der Waals surface area contributed by atoms with Crippen LogP contribution in [0.25, 0.3) is 10.9 Å². The molecule has 2 heterocycles. The van der Waals surface area contributed by atoms with Gasteiger partial charge in [0, 0.05) is 49.2 Å². The van der Waals surface area contributed by atoms with E-state index in [0.29, 0.717) is 0 Å². The first-order valence-electron chi connectivity index (χ1n) is 7.43. The highest BCUT2D eigenvalue weighted by Crippen LogP contribution is 2.24. The monoisotopic (exact) mass is 362 g/mol. The molecule has 0 saturated carbocycles. The van der Waals surface area contributed by atoms with Gasteiger partial charge in [0.15, 0.2) is 0 Å². The molecule has 1 aromatic heterocycles. The van der Waals surface area contributed by atoms with E-state index in [1.54, 1.807) is 4.90 Å². The van der Waals surface area contributed by atoms with Gasteiger partial charge < -0.3 is 9.80 Å². The zero-order valence-electron chi connectivity index (χ0n) is 12.8. The van der Waals surface area contributed by atoms with Crippen molar-refractivity contribution in [2.24, 2.45) is 5.92 Å². The van der Waals surface area contributed by atoms with Gasteiger partial charge in [0.25, 0.3) is 0 Å². The number of amides is 1. The minimum Gasteiger partial charge on any atom is -0.349 e. The van der Waals surface area contributed by atoms with Gasteiger partial charge in [-0.15, -0.1) is 0 Å². The van der Waals surface area contributed by atoms with E-state index in [9.17, 15) is 4.79 Å². The molecule has 0 unspecified atom stereocenters. The standard InChI is InChI=1S/C16H19BrN4O/c1-20(2)15(22)11-5-7-21(8-6-11)16-18-10-12-9-13(17)3-4-14(12)19-16/h3-4,9-11H,5-8H2,1-2H3. The van der Waals surface area contributed by atoms with Crippen molar-refractivity contribution in [3.8, 4) is 0 Å². The number of fused-ring (bicyclic) bond motifs is 1. The van der Waals surface area contributed by atoms with Crippen LogP contribution in [0.3, 0.4) is 0 Å². The molecule has 1 aliphatic rings. The normalized spacial score (nSPS) is 16.0. The smallest absolute Gasteiger partial charge is 0.225 e. The van der Waals surface area contributed by atoms with Crippen molar-refractivity contribution in [2.45, 2.75) is 12.8 Å². The molecule has 0 atom stereocenters. The number of hydrogen-bond donors (Lipinski definition) is 0. The Hall–Kier alpha value is -1.69. The molecule has 1 aliphatic heterocycles. The summed E-state index contributed by atoms with van der Waals surface area (Å²) in [6, 6.07) is 6.00. The lowest BCUT2D eigenvalue weighted by molar-refractivity contribution is -0.133. The second kappa shape index (κ2) is 6.20. The van der Waals surface area contributed by atoms with Crippen LogP contribution in [-0.2, 0) is 4.79 Å². The second-order valence-corrected chi connectivity index (χ2v) is 6.78.